The van der Waals surface area contributed by atoms with Gasteiger partial charge in [0, 0.05) is 5.69 Å². The molecular formula is C16H23N5. The number of rotatable bonds is 1. The highest BCUT2D eigenvalue weighted by Gasteiger charge is 2.42. The van der Waals surface area contributed by atoms with Crippen LogP contribution in [0, 0.1) is 13.8 Å². The van der Waals surface area contributed by atoms with E-state index in [4.69, 9.17) is 11.5 Å². The van der Waals surface area contributed by atoms with E-state index in [0.717, 1.165) is 31.4 Å². The zero-order chi connectivity index (χ0) is 15.0. The molecule has 0 saturated heterocycles. The molecule has 1 aromatic rings. The summed E-state index contributed by atoms with van der Waals surface area (Å²) in [6.45, 7) is 4.22. The normalized spacial score (nSPS) is 21.1. The van der Waals surface area contributed by atoms with Crippen LogP contribution in [0.3, 0.4) is 0 Å². The van der Waals surface area contributed by atoms with Crippen LogP contribution in [0.25, 0.3) is 0 Å². The Balaban J connectivity index is 2.08. The summed E-state index contributed by atoms with van der Waals surface area (Å²) in [6, 6.07) is 6.37. The third-order valence-corrected chi connectivity index (χ3v) is 4.60. The molecule has 0 unspecified atom stereocenters. The first-order valence-electron chi connectivity index (χ1n) is 7.59. The highest BCUT2D eigenvalue weighted by Crippen LogP contribution is 2.39. The molecule has 1 spiro atoms. The van der Waals surface area contributed by atoms with Crippen molar-refractivity contribution >= 4 is 17.6 Å². The van der Waals surface area contributed by atoms with Crippen molar-refractivity contribution in [2.75, 3.05) is 4.90 Å². The molecular weight excluding hydrogens is 262 g/mol. The minimum atomic E-state index is -0.351. The molecule has 4 N–H and O–H groups in total. The summed E-state index contributed by atoms with van der Waals surface area (Å²) < 4.78 is 0. The fourth-order valence-corrected chi connectivity index (χ4v) is 3.36. The SMILES string of the molecule is Cc1ccc(N2C(N)=NC(N)=NC23CCCCC3)cc1C. The van der Waals surface area contributed by atoms with E-state index in [-0.39, 0.29) is 5.66 Å². The predicted octanol–water partition coefficient (Wildman–Crippen LogP) is 2.41. The Morgan fingerprint density at radius 3 is 2.43 bits per heavy atom. The lowest BCUT2D eigenvalue weighted by Gasteiger charge is -2.45. The van der Waals surface area contributed by atoms with Gasteiger partial charge in [-0.2, -0.15) is 4.99 Å². The Kier molecular flexibility index (Phi) is 3.35. The number of nitrogens with zero attached hydrogens (tertiary/aromatic N) is 3. The third kappa shape index (κ3) is 2.37. The van der Waals surface area contributed by atoms with E-state index >= 15 is 0 Å². The Bertz CT molecular complexity index is 611. The van der Waals surface area contributed by atoms with Crippen LogP contribution in [-0.4, -0.2) is 17.6 Å². The van der Waals surface area contributed by atoms with E-state index in [1.807, 2.05) is 0 Å². The third-order valence-electron chi connectivity index (χ3n) is 4.60. The maximum absolute atomic E-state index is 6.21. The Morgan fingerprint density at radius 1 is 1.05 bits per heavy atom. The molecule has 3 rings (SSSR count). The summed E-state index contributed by atoms with van der Waals surface area (Å²) in [4.78, 5) is 11.0. The molecule has 5 nitrogen and oxygen atoms in total. The molecule has 0 amide bonds. The van der Waals surface area contributed by atoms with Crippen molar-refractivity contribution in [1.29, 1.82) is 0 Å². The average molecular weight is 285 g/mol. The van der Waals surface area contributed by atoms with Crippen molar-refractivity contribution in [2.24, 2.45) is 21.5 Å². The average Bonchev–Trinajstić information content (AvgIpc) is 2.42. The van der Waals surface area contributed by atoms with Gasteiger partial charge >= 0.3 is 0 Å². The number of hydrogen-bond donors (Lipinski definition) is 2. The lowest BCUT2D eigenvalue weighted by molar-refractivity contribution is 0.305. The van der Waals surface area contributed by atoms with Gasteiger partial charge in [-0.15, -0.1) is 0 Å². The lowest BCUT2D eigenvalue weighted by atomic mass is 9.87. The van der Waals surface area contributed by atoms with Crippen LogP contribution in [0.15, 0.2) is 28.2 Å². The highest BCUT2D eigenvalue weighted by molar-refractivity contribution is 6.05. The van der Waals surface area contributed by atoms with Gasteiger partial charge in [-0.25, -0.2) is 4.99 Å². The number of benzene rings is 1. The van der Waals surface area contributed by atoms with Gasteiger partial charge in [0.1, 0.15) is 5.66 Å². The molecule has 0 atom stereocenters. The van der Waals surface area contributed by atoms with Crippen LogP contribution in [0.1, 0.15) is 43.2 Å². The van der Waals surface area contributed by atoms with Crippen molar-refractivity contribution in [3.63, 3.8) is 0 Å². The minimum absolute atomic E-state index is 0.300. The second-order valence-corrected chi connectivity index (χ2v) is 6.09. The molecule has 1 aliphatic carbocycles. The van der Waals surface area contributed by atoms with Crippen LogP contribution in [0.2, 0.25) is 0 Å². The number of aliphatic imine (C=N–C) groups is 2. The van der Waals surface area contributed by atoms with Crippen LogP contribution in [-0.2, 0) is 0 Å². The fourth-order valence-electron chi connectivity index (χ4n) is 3.36. The van der Waals surface area contributed by atoms with Crippen molar-refractivity contribution in [3.8, 4) is 0 Å². The number of guanidine groups is 2. The smallest absolute Gasteiger partial charge is 0.220 e. The maximum atomic E-state index is 6.21. The van der Waals surface area contributed by atoms with Gasteiger partial charge in [0.2, 0.25) is 11.9 Å². The lowest BCUT2D eigenvalue weighted by Crippen LogP contribution is -2.58. The van der Waals surface area contributed by atoms with Crippen LogP contribution >= 0.6 is 0 Å². The molecule has 21 heavy (non-hydrogen) atoms. The van der Waals surface area contributed by atoms with Crippen molar-refractivity contribution in [1.82, 2.24) is 0 Å². The van der Waals surface area contributed by atoms with Gasteiger partial charge in [0.25, 0.3) is 0 Å². The van der Waals surface area contributed by atoms with Gasteiger partial charge in [0.15, 0.2) is 0 Å². The summed E-state index contributed by atoms with van der Waals surface area (Å²) in [6.07, 6.45) is 5.47. The van der Waals surface area contributed by atoms with Crippen molar-refractivity contribution in [3.05, 3.63) is 29.3 Å². The molecule has 1 heterocycles. The Labute approximate surface area is 125 Å². The molecule has 5 heteroatoms. The van der Waals surface area contributed by atoms with Gasteiger partial charge in [-0.1, -0.05) is 12.5 Å². The van der Waals surface area contributed by atoms with E-state index in [9.17, 15) is 0 Å². The minimum Gasteiger partial charge on any atom is -0.369 e. The molecule has 1 aromatic carbocycles. The standard InChI is InChI=1S/C16H23N5/c1-11-6-7-13(10-12(11)2)21-15(18)19-14(17)20-16(21)8-4-3-5-9-16/h6-7,10H,3-5,8-9H2,1-2H3,(H4,17,18,19,20). The topological polar surface area (TPSA) is 80.0 Å². The number of hydrogen-bond acceptors (Lipinski definition) is 5. The Hall–Kier alpha value is -2.04. The number of aryl methyl sites for hydroxylation is 2. The zero-order valence-electron chi connectivity index (χ0n) is 12.8. The second kappa shape index (κ2) is 5.06. The highest BCUT2D eigenvalue weighted by atomic mass is 15.4. The summed E-state index contributed by atoms with van der Waals surface area (Å²) in [5.74, 6) is 0.752. The molecule has 1 saturated carbocycles. The molecule has 0 aromatic heterocycles. The quantitative estimate of drug-likeness (QED) is 0.831. The molecule has 0 radical (unpaired) electrons. The van der Waals surface area contributed by atoms with Crippen LogP contribution < -0.4 is 16.4 Å². The van der Waals surface area contributed by atoms with Crippen molar-refractivity contribution in [2.45, 2.75) is 51.6 Å². The zero-order valence-corrected chi connectivity index (χ0v) is 12.8. The molecule has 1 fully saturated rings. The molecule has 0 bridgehead atoms. The monoisotopic (exact) mass is 285 g/mol. The van der Waals surface area contributed by atoms with Crippen molar-refractivity contribution < 1.29 is 0 Å². The van der Waals surface area contributed by atoms with Gasteiger partial charge in [0.05, 0.1) is 0 Å². The first-order chi connectivity index (χ1) is 10.0. The van der Waals surface area contributed by atoms with E-state index in [0.29, 0.717) is 11.9 Å². The van der Waals surface area contributed by atoms with Gasteiger partial charge in [-0.3, -0.25) is 4.90 Å². The first kappa shape index (κ1) is 13.9. The summed E-state index contributed by atoms with van der Waals surface area (Å²) in [7, 11) is 0. The largest absolute Gasteiger partial charge is 0.369 e. The predicted molar refractivity (Wildman–Crippen MR) is 87.5 cm³/mol. The van der Waals surface area contributed by atoms with Gasteiger partial charge < -0.3 is 11.5 Å². The Morgan fingerprint density at radius 2 is 1.76 bits per heavy atom. The maximum Gasteiger partial charge on any atom is 0.220 e. The molecule has 112 valence electrons. The number of anilines is 1. The summed E-state index contributed by atoms with van der Waals surface area (Å²) >= 11 is 0. The van der Waals surface area contributed by atoms with E-state index in [2.05, 4.69) is 46.9 Å². The summed E-state index contributed by atoms with van der Waals surface area (Å²) in [5.41, 5.74) is 15.3. The first-order valence-corrected chi connectivity index (χ1v) is 7.59. The summed E-state index contributed by atoms with van der Waals surface area (Å²) in [5, 5.41) is 0. The second-order valence-electron chi connectivity index (χ2n) is 6.09. The molecule has 1 aliphatic heterocycles. The van der Waals surface area contributed by atoms with E-state index < -0.39 is 0 Å². The number of nitrogens with two attached hydrogens (primary N) is 2. The van der Waals surface area contributed by atoms with Gasteiger partial charge in [-0.05, 0) is 62.8 Å². The van der Waals surface area contributed by atoms with Crippen LogP contribution in [0.4, 0.5) is 5.69 Å². The van der Waals surface area contributed by atoms with E-state index in [1.165, 1.54) is 17.5 Å². The van der Waals surface area contributed by atoms with Crippen LogP contribution in [0.5, 0.6) is 0 Å². The van der Waals surface area contributed by atoms with E-state index in [1.54, 1.807) is 0 Å². The fraction of sp³-hybridized carbons (Fsp3) is 0.500. The molecule has 2 aliphatic rings.